The monoisotopic (exact) mass is 275 g/mol. The number of carbonyl (C=O) groups is 1. The molecular weight excluding hydrogens is 254 g/mol. The van der Waals surface area contributed by atoms with Crippen molar-refractivity contribution in [1.82, 2.24) is 0 Å². The first kappa shape index (κ1) is 14.3. The van der Waals surface area contributed by atoms with Gasteiger partial charge in [0.2, 0.25) is 0 Å². The Hall–Kier alpha value is -1.09. The van der Waals surface area contributed by atoms with Crippen LogP contribution < -0.4 is 0 Å². The molecule has 1 saturated heterocycles. The van der Waals surface area contributed by atoms with Crippen molar-refractivity contribution in [3.63, 3.8) is 0 Å². The molecule has 1 aromatic rings. The number of aryl methyl sites for hydroxylation is 1. The zero-order valence-corrected chi connectivity index (χ0v) is 12.5. The van der Waals surface area contributed by atoms with Crippen molar-refractivity contribution in [3.8, 4) is 0 Å². The first-order valence-electron chi connectivity index (χ1n) is 6.96. The summed E-state index contributed by atoms with van der Waals surface area (Å²) in [6.45, 7) is 5.14. The molecule has 0 spiro atoms. The van der Waals surface area contributed by atoms with Crippen molar-refractivity contribution in [2.45, 2.75) is 39.0 Å². The van der Waals surface area contributed by atoms with Crippen LogP contribution in [0.4, 0.5) is 0 Å². The summed E-state index contributed by atoms with van der Waals surface area (Å²) in [6, 6.07) is 8.47. The molecule has 3 heteroatoms. The van der Waals surface area contributed by atoms with Gasteiger partial charge in [-0.2, -0.15) is 0 Å². The smallest absolute Gasteiger partial charge is 0.143 e. The third-order valence-electron chi connectivity index (χ3n) is 3.45. The van der Waals surface area contributed by atoms with Gasteiger partial charge in [-0.1, -0.05) is 31.2 Å². The minimum absolute atomic E-state index is 0.309. The van der Waals surface area contributed by atoms with Crippen LogP contribution in [0.3, 0.4) is 0 Å². The lowest BCUT2D eigenvalue weighted by Crippen LogP contribution is -2.10. The number of aliphatic imine (C=N–C) groups is 1. The first-order chi connectivity index (χ1) is 9.22. The van der Waals surface area contributed by atoms with Gasteiger partial charge in [0.15, 0.2) is 0 Å². The largest absolute Gasteiger partial charge is 0.299 e. The number of hydrogen-bond donors (Lipinski definition) is 0. The fourth-order valence-corrected chi connectivity index (χ4v) is 3.48. The van der Waals surface area contributed by atoms with Crippen LogP contribution in [-0.2, 0) is 4.79 Å². The highest BCUT2D eigenvalue weighted by atomic mass is 32.2. The van der Waals surface area contributed by atoms with Gasteiger partial charge in [-0.3, -0.25) is 9.79 Å². The van der Waals surface area contributed by atoms with Crippen LogP contribution in [0.2, 0.25) is 0 Å². The maximum Gasteiger partial charge on any atom is 0.143 e. The third kappa shape index (κ3) is 3.69. The zero-order chi connectivity index (χ0) is 13.7. The molecular formula is C16H21NOS. The maximum atomic E-state index is 11.7. The summed E-state index contributed by atoms with van der Waals surface area (Å²) >= 11 is 1.64. The normalized spacial score (nSPS) is 22.5. The average molecular weight is 275 g/mol. The van der Waals surface area contributed by atoms with Crippen LogP contribution >= 0.6 is 11.8 Å². The van der Waals surface area contributed by atoms with Gasteiger partial charge in [0, 0.05) is 18.9 Å². The van der Waals surface area contributed by atoms with Gasteiger partial charge >= 0.3 is 0 Å². The summed E-state index contributed by atoms with van der Waals surface area (Å²) in [4.78, 5) is 16.4. The fraction of sp³-hybridized carbons (Fsp3) is 0.500. The molecule has 1 aliphatic rings. The molecule has 1 aliphatic heterocycles. The van der Waals surface area contributed by atoms with E-state index in [1.54, 1.807) is 11.8 Å². The van der Waals surface area contributed by atoms with Crippen molar-refractivity contribution in [3.05, 3.63) is 35.4 Å². The molecule has 0 amide bonds. The van der Waals surface area contributed by atoms with E-state index in [1.165, 1.54) is 11.1 Å². The van der Waals surface area contributed by atoms with Gasteiger partial charge < -0.3 is 0 Å². The lowest BCUT2D eigenvalue weighted by atomic mass is 9.91. The lowest BCUT2D eigenvalue weighted by molar-refractivity contribution is -0.116. The van der Waals surface area contributed by atoms with E-state index in [-0.39, 0.29) is 0 Å². The summed E-state index contributed by atoms with van der Waals surface area (Å²) in [5, 5.41) is 1.15. The van der Waals surface area contributed by atoms with E-state index in [4.69, 9.17) is 4.99 Å². The molecule has 0 aromatic heterocycles. The molecule has 0 N–H and O–H groups in total. The quantitative estimate of drug-likeness (QED) is 0.835. The molecule has 0 aliphatic carbocycles. The third-order valence-corrected chi connectivity index (χ3v) is 4.62. The predicted molar refractivity (Wildman–Crippen MR) is 83.2 cm³/mol. The predicted octanol–water partition coefficient (Wildman–Crippen LogP) is 3.98. The molecule has 2 rings (SSSR count). The van der Waals surface area contributed by atoms with Gasteiger partial charge in [-0.05, 0) is 30.9 Å². The van der Waals surface area contributed by atoms with Gasteiger partial charge in [0.25, 0.3) is 0 Å². The number of ketones is 1. The van der Waals surface area contributed by atoms with Crippen molar-refractivity contribution in [2.75, 3.05) is 12.3 Å². The summed E-state index contributed by atoms with van der Waals surface area (Å²) in [6.07, 6.45) is 2.63. The Morgan fingerprint density at radius 3 is 2.89 bits per heavy atom. The summed E-state index contributed by atoms with van der Waals surface area (Å²) < 4.78 is 0. The van der Waals surface area contributed by atoms with Gasteiger partial charge in [-0.25, -0.2) is 0 Å². The average Bonchev–Trinajstić information content (AvgIpc) is 2.59. The van der Waals surface area contributed by atoms with Crippen LogP contribution in [0.25, 0.3) is 0 Å². The zero-order valence-electron chi connectivity index (χ0n) is 11.7. The second-order valence-corrected chi connectivity index (χ2v) is 5.99. The molecule has 102 valence electrons. The molecule has 2 nitrogen and oxygen atoms in total. The van der Waals surface area contributed by atoms with E-state index < -0.39 is 0 Å². The van der Waals surface area contributed by atoms with Crippen molar-refractivity contribution in [2.24, 2.45) is 4.99 Å². The Bertz CT molecular complexity index is 481. The van der Waals surface area contributed by atoms with Gasteiger partial charge in [-0.15, -0.1) is 11.8 Å². The summed E-state index contributed by atoms with van der Waals surface area (Å²) in [5.41, 5.74) is 2.63. The standard InChI is InChI=1S/C16H21NOS/c1-3-10-17-16-15(9-8-13(18)11-19-16)14-7-5-4-6-12(14)2/h4-7,15H,3,8-11H2,1-2H3. The Kier molecular flexibility index (Phi) is 5.20. The van der Waals surface area contributed by atoms with Crippen LogP contribution in [0.1, 0.15) is 43.2 Å². The van der Waals surface area contributed by atoms with Crippen LogP contribution in [-0.4, -0.2) is 23.1 Å². The van der Waals surface area contributed by atoms with Crippen molar-refractivity contribution in [1.29, 1.82) is 0 Å². The molecule has 0 bridgehead atoms. The Morgan fingerprint density at radius 2 is 2.16 bits per heavy atom. The van der Waals surface area contributed by atoms with Crippen LogP contribution in [0, 0.1) is 6.92 Å². The van der Waals surface area contributed by atoms with E-state index in [0.29, 0.717) is 23.9 Å². The molecule has 19 heavy (non-hydrogen) atoms. The summed E-state index contributed by atoms with van der Waals surface area (Å²) in [5.74, 6) is 1.25. The van der Waals surface area contributed by atoms with Crippen molar-refractivity contribution < 1.29 is 4.79 Å². The summed E-state index contributed by atoms with van der Waals surface area (Å²) in [7, 11) is 0. The highest BCUT2D eigenvalue weighted by molar-refractivity contribution is 8.14. The highest BCUT2D eigenvalue weighted by Gasteiger charge is 2.25. The van der Waals surface area contributed by atoms with Crippen molar-refractivity contribution >= 4 is 22.6 Å². The second-order valence-electron chi connectivity index (χ2n) is 5.00. The number of carbonyl (C=O) groups excluding carboxylic acids is 1. The van der Waals surface area contributed by atoms with E-state index in [1.807, 2.05) is 0 Å². The van der Waals surface area contributed by atoms with Crippen LogP contribution in [0.15, 0.2) is 29.3 Å². The van der Waals surface area contributed by atoms with E-state index >= 15 is 0 Å². The number of benzene rings is 1. The first-order valence-corrected chi connectivity index (χ1v) is 7.95. The lowest BCUT2D eigenvalue weighted by Gasteiger charge is -2.18. The molecule has 1 fully saturated rings. The number of nitrogens with zero attached hydrogens (tertiary/aromatic N) is 1. The molecule has 1 heterocycles. The minimum Gasteiger partial charge on any atom is -0.299 e. The number of thioether (sulfide) groups is 1. The number of rotatable bonds is 3. The Labute approximate surface area is 119 Å². The molecule has 0 radical (unpaired) electrons. The molecule has 0 saturated carbocycles. The van der Waals surface area contributed by atoms with Crippen LogP contribution in [0.5, 0.6) is 0 Å². The highest BCUT2D eigenvalue weighted by Crippen LogP contribution is 2.33. The SMILES string of the molecule is CCCN=C1SCC(=O)CCC1c1ccccc1C. The van der Waals surface area contributed by atoms with Gasteiger partial charge in [0.05, 0.1) is 10.8 Å². The molecule has 1 atom stereocenters. The minimum atomic E-state index is 0.309. The van der Waals surface area contributed by atoms with Gasteiger partial charge in [0.1, 0.15) is 5.78 Å². The number of hydrogen-bond acceptors (Lipinski definition) is 3. The van der Waals surface area contributed by atoms with E-state index in [9.17, 15) is 4.79 Å². The number of Topliss-reactive ketones (excluding diaryl/α,β-unsaturated/α-hetero) is 1. The fourth-order valence-electron chi connectivity index (χ4n) is 2.40. The molecule has 1 unspecified atom stereocenters. The molecule has 1 aromatic carbocycles. The Balaban J connectivity index is 2.32. The van der Waals surface area contributed by atoms with E-state index in [2.05, 4.69) is 38.1 Å². The second kappa shape index (κ2) is 6.90. The van der Waals surface area contributed by atoms with E-state index in [0.717, 1.165) is 24.4 Å². The maximum absolute atomic E-state index is 11.7. The topological polar surface area (TPSA) is 29.4 Å². The Morgan fingerprint density at radius 1 is 1.37 bits per heavy atom.